The van der Waals surface area contributed by atoms with Gasteiger partial charge >= 0.3 is 0 Å². The number of nitrogens with two attached hydrogens (primary N) is 1. The third-order valence-electron chi connectivity index (χ3n) is 4.12. The number of hydrogen-bond donors (Lipinski definition) is 1. The Balaban J connectivity index is 2.21. The summed E-state index contributed by atoms with van der Waals surface area (Å²) < 4.78 is 0. The van der Waals surface area contributed by atoms with Crippen LogP contribution in [0.25, 0.3) is 10.8 Å². The predicted molar refractivity (Wildman–Crippen MR) is 84.2 cm³/mol. The number of benzene rings is 2. The number of fused-ring (bicyclic) bond motifs is 1. The molecule has 19 heavy (non-hydrogen) atoms. The van der Waals surface area contributed by atoms with Crippen molar-refractivity contribution in [1.29, 1.82) is 0 Å². The molecule has 102 valence electrons. The highest BCUT2D eigenvalue weighted by Gasteiger charge is 2.17. The van der Waals surface area contributed by atoms with E-state index in [0.29, 0.717) is 5.92 Å². The Labute approximate surface area is 116 Å². The Kier molecular flexibility index (Phi) is 4.98. The zero-order valence-corrected chi connectivity index (χ0v) is 12.1. The molecular formula is C18H25N. The molecule has 2 aromatic carbocycles. The van der Waals surface area contributed by atoms with Crippen molar-refractivity contribution in [1.82, 2.24) is 0 Å². The number of rotatable bonds is 6. The topological polar surface area (TPSA) is 26.0 Å². The third kappa shape index (κ3) is 3.36. The highest BCUT2D eigenvalue weighted by atomic mass is 14.6. The second-order valence-corrected chi connectivity index (χ2v) is 5.44. The number of unbranched alkanes of at least 4 members (excludes halogenated alkanes) is 1. The molecule has 0 aliphatic carbocycles. The van der Waals surface area contributed by atoms with Gasteiger partial charge in [-0.3, -0.25) is 0 Å². The molecular weight excluding hydrogens is 230 g/mol. The summed E-state index contributed by atoms with van der Waals surface area (Å²) in [6, 6.07) is 15.3. The van der Waals surface area contributed by atoms with Gasteiger partial charge in [0.05, 0.1) is 0 Å². The van der Waals surface area contributed by atoms with Gasteiger partial charge in [0.25, 0.3) is 0 Å². The van der Waals surface area contributed by atoms with E-state index in [2.05, 4.69) is 56.3 Å². The molecule has 0 bridgehead atoms. The van der Waals surface area contributed by atoms with Crippen LogP contribution >= 0.6 is 0 Å². The summed E-state index contributed by atoms with van der Waals surface area (Å²) in [6.07, 6.45) is 4.93. The fraction of sp³-hybridized carbons (Fsp3) is 0.444. The van der Waals surface area contributed by atoms with Crippen molar-refractivity contribution in [2.75, 3.05) is 0 Å². The average Bonchev–Trinajstić information content (AvgIpc) is 2.47. The molecule has 0 aromatic heterocycles. The summed E-state index contributed by atoms with van der Waals surface area (Å²) in [7, 11) is 0. The zero-order valence-electron chi connectivity index (χ0n) is 12.1. The monoisotopic (exact) mass is 255 g/mol. The summed E-state index contributed by atoms with van der Waals surface area (Å²) >= 11 is 0. The summed E-state index contributed by atoms with van der Waals surface area (Å²) in [5.74, 6) is 0.598. The molecule has 2 atom stereocenters. The van der Waals surface area contributed by atoms with Crippen LogP contribution in [0.4, 0.5) is 0 Å². The van der Waals surface area contributed by atoms with Gasteiger partial charge in [0.15, 0.2) is 0 Å². The Hall–Kier alpha value is -1.34. The van der Waals surface area contributed by atoms with Crippen LogP contribution in [-0.4, -0.2) is 0 Å². The van der Waals surface area contributed by atoms with Gasteiger partial charge in [-0.2, -0.15) is 0 Å². The molecule has 1 heteroatoms. The molecule has 0 saturated carbocycles. The first kappa shape index (κ1) is 14.1. The molecule has 0 aliphatic heterocycles. The van der Waals surface area contributed by atoms with Crippen LogP contribution in [0.3, 0.4) is 0 Å². The minimum Gasteiger partial charge on any atom is -0.324 e. The van der Waals surface area contributed by atoms with E-state index in [1.54, 1.807) is 0 Å². The fourth-order valence-electron chi connectivity index (χ4n) is 2.79. The van der Waals surface area contributed by atoms with E-state index in [-0.39, 0.29) is 6.04 Å². The lowest BCUT2D eigenvalue weighted by Crippen LogP contribution is -2.21. The first-order valence-electron chi connectivity index (χ1n) is 7.50. The molecule has 1 nitrogen and oxygen atoms in total. The van der Waals surface area contributed by atoms with Gasteiger partial charge in [-0.1, -0.05) is 69.5 Å². The van der Waals surface area contributed by atoms with Crippen LogP contribution in [0.2, 0.25) is 0 Å². The van der Waals surface area contributed by atoms with Crippen LogP contribution in [0, 0.1) is 5.92 Å². The quantitative estimate of drug-likeness (QED) is 0.767. The standard InChI is InChI=1S/C18H25N/c1-3-5-8-14(4-2)18(19)17-12-11-15-9-6-7-10-16(15)13-17/h6-7,9-14,18H,3-5,8,19H2,1-2H3. The summed E-state index contributed by atoms with van der Waals surface area (Å²) in [4.78, 5) is 0. The smallest absolute Gasteiger partial charge is 0.0323 e. The van der Waals surface area contributed by atoms with Crippen LogP contribution in [0.1, 0.15) is 51.1 Å². The fourth-order valence-corrected chi connectivity index (χ4v) is 2.79. The zero-order chi connectivity index (χ0) is 13.7. The predicted octanol–water partition coefficient (Wildman–Crippen LogP) is 5.06. The van der Waals surface area contributed by atoms with Crippen LogP contribution in [0.5, 0.6) is 0 Å². The maximum absolute atomic E-state index is 6.48. The van der Waals surface area contributed by atoms with Crippen molar-refractivity contribution in [3.8, 4) is 0 Å². The van der Waals surface area contributed by atoms with E-state index in [1.165, 1.54) is 35.6 Å². The molecule has 2 aromatic rings. The highest BCUT2D eigenvalue weighted by molar-refractivity contribution is 5.83. The van der Waals surface area contributed by atoms with Crippen molar-refractivity contribution >= 4 is 10.8 Å². The van der Waals surface area contributed by atoms with E-state index in [0.717, 1.165) is 6.42 Å². The van der Waals surface area contributed by atoms with Gasteiger partial charge in [0.1, 0.15) is 0 Å². The van der Waals surface area contributed by atoms with E-state index >= 15 is 0 Å². The molecule has 0 radical (unpaired) electrons. The average molecular weight is 255 g/mol. The van der Waals surface area contributed by atoms with Gasteiger partial charge in [-0.25, -0.2) is 0 Å². The molecule has 0 heterocycles. The van der Waals surface area contributed by atoms with E-state index in [9.17, 15) is 0 Å². The lowest BCUT2D eigenvalue weighted by Gasteiger charge is -2.23. The molecule has 0 amide bonds. The maximum Gasteiger partial charge on any atom is 0.0323 e. The van der Waals surface area contributed by atoms with Crippen molar-refractivity contribution in [2.24, 2.45) is 11.7 Å². The molecule has 2 unspecified atom stereocenters. The van der Waals surface area contributed by atoms with Crippen molar-refractivity contribution in [3.63, 3.8) is 0 Å². The second kappa shape index (κ2) is 6.72. The number of hydrogen-bond acceptors (Lipinski definition) is 1. The van der Waals surface area contributed by atoms with E-state index in [4.69, 9.17) is 5.73 Å². The van der Waals surface area contributed by atoms with Crippen molar-refractivity contribution < 1.29 is 0 Å². The largest absolute Gasteiger partial charge is 0.324 e. The lowest BCUT2D eigenvalue weighted by molar-refractivity contribution is 0.378. The van der Waals surface area contributed by atoms with Gasteiger partial charge in [-0.15, -0.1) is 0 Å². The Bertz CT molecular complexity index is 518. The van der Waals surface area contributed by atoms with E-state index in [1.807, 2.05) is 0 Å². The van der Waals surface area contributed by atoms with Crippen LogP contribution < -0.4 is 5.73 Å². The molecule has 2 N–H and O–H groups in total. The Morgan fingerprint density at radius 1 is 1.00 bits per heavy atom. The minimum atomic E-state index is 0.168. The molecule has 0 fully saturated rings. The summed E-state index contributed by atoms with van der Waals surface area (Å²) in [5, 5.41) is 2.58. The normalized spacial score (nSPS) is 14.5. The molecule has 0 aliphatic rings. The summed E-state index contributed by atoms with van der Waals surface area (Å²) in [6.45, 7) is 4.50. The van der Waals surface area contributed by atoms with Gasteiger partial charge in [0.2, 0.25) is 0 Å². The molecule has 0 spiro atoms. The summed E-state index contributed by atoms with van der Waals surface area (Å²) in [5.41, 5.74) is 7.76. The molecule has 0 saturated heterocycles. The first-order valence-corrected chi connectivity index (χ1v) is 7.50. The Morgan fingerprint density at radius 2 is 1.74 bits per heavy atom. The van der Waals surface area contributed by atoms with Gasteiger partial charge in [-0.05, 0) is 34.7 Å². The SMILES string of the molecule is CCCCC(CC)C(N)c1ccc2ccccc2c1. The highest BCUT2D eigenvalue weighted by Crippen LogP contribution is 2.28. The van der Waals surface area contributed by atoms with Gasteiger partial charge in [0, 0.05) is 6.04 Å². The van der Waals surface area contributed by atoms with Crippen LogP contribution in [-0.2, 0) is 0 Å². The Morgan fingerprint density at radius 3 is 2.42 bits per heavy atom. The van der Waals surface area contributed by atoms with Crippen molar-refractivity contribution in [2.45, 2.75) is 45.6 Å². The minimum absolute atomic E-state index is 0.168. The van der Waals surface area contributed by atoms with Crippen LogP contribution in [0.15, 0.2) is 42.5 Å². The lowest BCUT2D eigenvalue weighted by atomic mass is 9.87. The first-order chi connectivity index (χ1) is 9.26. The second-order valence-electron chi connectivity index (χ2n) is 5.44. The third-order valence-corrected chi connectivity index (χ3v) is 4.12. The van der Waals surface area contributed by atoms with Gasteiger partial charge < -0.3 is 5.73 Å². The maximum atomic E-state index is 6.48. The van der Waals surface area contributed by atoms with E-state index < -0.39 is 0 Å². The van der Waals surface area contributed by atoms with Crippen molar-refractivity contribution in [3.05, 3.63) is 48.0 Å². The molecule has 2 rings (SSSR count).